The molecule has 0 fully saturated rings. The summed E-state index contributed by atoms with van der Waals surface area (Å²) in [6.45, 7) is 0. The summed E-state index contributed by atoms with van der Waals surface area (Å²) in [4.78, 5) is 10.0. The van der Waals surface area contributed by atoms with Crippen LogP contribution in [0.25, 0.3) is 6.08 Å². The summed E-state index contributed by atoms with van der Waals surface area (Å²) < 4.78 is 17.6. The van der Waals surface area contributed by atoms with Crippen molar-refractivity contribution in [2.75, 3.05) is 7.11 Å². The summed E-state index contributed by atoms with van der Waals surface area (Å²) in [7, 11) is 1.45. The fourth-order valence-corrected chi connectivity index (χ4v) is 0.966. The van der Waals surface area contributed by atoms with Crippen molar-refractivity contribution in [2.45, 2.75) is 0 Å². The van der Waals surface area contributed by atoms with Gasteiger partial charge in [-0.2, -0.15) is 0 Å². The molecule has 1 rings (SSSR count). The second-order valence-corrected chi connectivity index (χ2v) is 2.38. The number of ether oxygens (including phenoxy) is 1. The van der Waals surface area contributed by atoms with Crippen LogP contribution in [0, 0.1) is 5.82 Å². The molecule has 0 saturated carbocycles. The molecule has 0 aliphatic heterocycles. The fraction of sp³-hybridized carbons (Fsp3) is 0.100. The van der Waals surface area contributed by atoms with E-state index >= 15 is 0 Å². The molecule has 13 heavy (non-hydrogen) atoms. The van der Waals surface area contributed by atoms with E-state index in [2.05, 4.69) is 0 Å². The van der Waals surface area contributed by atoms with Gasteiger partial charge in [-0.25, -0.2) is 4.39 Å². The second-order valence-electron chi connectivity index (χ2n) is 2.38. The van der Waals surface area contributed by atoms with Gasteiger partial charge < -0.3 is 4.74 Å². The molecule has 0 aromatic heterocycles. The third-order valence-corrected chi connectivity index (χ3v) is 1.55. The van der Waals surface area contributed by atoms with Crippen LogP contribution in [0.2, 0.25) is 0 Å². The highest BCUT2D eigenvalue weighted by Crippen LogP contribution is 2.20. The summed E-state index contributed by atoms with van der Waals surface area (Å²) in [6.07, 6.45) is 3.55. The number of carbonyl (C=O) groups excluding carboxylic acids is 1. The average molecular weight is 180 g/mol. The summed E-state index contributed by atoms with van der Waals surface area (Å²) >= 11 is 0. The second kappa shape index (κ2) is 4.40. The third kappa shape index (κ3) is 2.40. The summed E-state index contributed by atoms with van der Waals surface area (Å²) in [5.41, 5.74) is 0.677. The molecule has 68 valence electrons. The summed E-state index contributed by atoms with van der Waals surface area (Å²) in [6, 6.07) is 4.13. The predicted octanol–water partition coefficient (Wildman–Crippen LogP) is 2.05. The molecule has 0 atom stereocenters. The number of allylic oxidation sites excluding steroid dienone is 1. The molecule has 0 radical (unpaired) electrons. The highest BCUT2D eigenvalue weighted by molar-refractivity contribution is 5.75. The van der Waals surface area contributed by atoms with Gasteiger partial charge in [0.05, 0.1) is 7.11 Å². The zero-order valence-corrected chi connectivity index (χ0v) is 7.16. The molecule has 3 heteroatoms. The Labute approximate surface area is 75.6 Å². The first-order valence-electron chi connectivity index (χ1n) is 3.73. The van der Waals surface area contributed by atoms with Gasteiger partial charge in [0, 0.05) is 11.6 Å². The molecular formula is C10H9FO2. The quantitative estimate of drug-likeness (QED) is 0.525. The highest BCUT2D eigenvalue weighted by atomic mass is 19.1. The molecule has 0 saturated heterocycles. The molecule has 0 unspecified atom stereocenters. The molecule has 0 aliphatic rings. The number of aldehydes is 1. The van der Waals surface area contributed by atoms with Gasteiger partial charge in [0.15, 0.2) is 0 Å². The topological polar surface area (TPSA) is 26.3 Å². The lowest BCUT2D eigenvalue weighted by Crippen LogP contribution is -1.87. The van der Waals surface area contributed by atoms with Gasteiger partial charge in [-0.05, 0) is 24.3 Å². The monoisotopic (exact) mass is 180 g/mol. The number of rotatable bonds is 3. The maximum Gasteiger partial charge on any atom is 0.142 e. The van der Waals surface area contributed by atoms with E-state index in [1.807, 2.05) is 0 Å². The van der Waals surface area contributed by atoms with Crippen molar-refractivity contribution in [2.24, 2.45) is 0 Å². The summed E-state index contributed by atoms with van der Waals surface area (Å²) in [5.74, 6) is 0.0539. The molecule has 0 spiro atoms. The van der Waals surface area contributed by atoms with Gasteiger partial charge in [-0.1, -0.05) is 0 Å². The van der Waals surface area contributed by atoms with Crippen molar-refractivity contribution in [3.8, 4) is 5.75 Å². The van der Waals surface area contributed by atoms with Crippen LogP contribution in [-0.2, 0) is 4.79 Å². The van der Waals surface area contributed by atoms with Crippen molar-refractivity contribution < 1.29 is 13.9 Å². The minimum absolute atomic E-state index is 0.361. The van der Waals surface area contributed by atoms with Gasteiger partial charge in [0.2, 0.25) is 0 Å². The molecule has 2 nitrogen and oxygen atoms in total. The minimum Gasteiger partial charge on any atom is -0.496 e. The van der Waals surface area contributed by atoms with Crippen molar-refractivity contribution in [3.63, 3.8) is 0 Å². The number of carbonyl (C=O) groups is 1. The van der Waals surface area contributed by atoms with Gasteiger partial charge in [0.25, 0.3) is 0 Å². The van der Waals surface area contributed by atoms with Crippen LogP contribution in [0.1, 0.15) is 5.56 Å². The van der Waals surface area contributed by atoms with Gasteiger partial charge in [-0.15, -0.1) is 0 Å². The van der Waals surface area contributed by atoms with Crippen LogP contribution in [0.15, 0.2) is 24.3 Å². The minimum atomic E-state index is -0.361. The number of hydrogen-bond acceptors (Lipinski definition) is 2. The molecule has 0 N–H and O–H groups in total. The van der Waals surface area contributed by atoms with Crippen molar-refractivity contribution >= 4 is 12.4 Å². The van der Waals surface area contributed by atoms with Gasteiger partial charge >= 0.3 is 0 Å². The first kappa shape index (κ1) is 9.45. The predicted molar refractivity (Wildman–Crippen MR) is 48.1 cm³/mol. The third-order valence-electron chi connectivity index (χ3n) is 1.55. The van der Waals surface area contributed by atoms with Gasteiger partial charge in [-0.3, -0.25) is 4.79 Å². The van der Waals surface area contributed by atoms with Crippen molar-refractivity contribution in [1.29, 1.82) is 0 Å². The molecule has 1 aromatic carbocycles. The fourth-order valence-electron chi connectivity index (χ4n) is 0.966. The van der Waals surface area contributed by atoms with E-state index in [4.69, 9.17) is 4.74 Å². The van der Waals surface area contributed by atoms with Crippen LogP contribution in [0.4, 0.5) is 4.39 Å². The normalized spacial score (nSPS) is 10.3. The van der Waals surface area contributed by atoms with E-state index in [1.54, 1.807) is 12.1 Å². The zero-order valence-electron chi connectivity index (χ0n) is 7.16. The standard InChI is InChI=1S/C10H9FO2/c1-13-10-7-9(11)5-4-8(10)3-2-6-12/h2-7H,1H3. The Hall–Kier alpha value is -1.64. The Bertz CT molecular complexity index is 332. The lowest BCUT2D eigenvalue weighted by molar-refractivity contribution is -0.104. The van der Waals surface area contributed by atoms with E-state index < -0.39 is 0 Å². The maximum atomic E-state index is 12.7. The van der Waals surface area contributed by atoms with Crippen LogP contribution >= 0.6 is 0 Å². The largest absolute Gasteiger partial charge is 0.496 e. The van der Waals surface area contributed by atoms with Crippen LogP contribution in [-0.4, -0.2) is 13.4 Å². The zero-order chi connectivity index (χ0) is 9.68. The van der Waals surface area contributed by atoms with Gasteiger partial charge in [0.1, 0.15) is 17.9 Å². The SMILES string of the molecule is COc1cc(F)ccc1C=CC=O. The Balaban J connectivity index is 3.05. The Morgan fingerprint density at radius 1 is 1.46 bits per heavy atom. The van der Waals surface area contributed by atoms with E-state index in [1.165, 1.54) is 25.3 Å². The van der Waals surface area contributed by atoms with Crippen LogP contribution < -0.4 is 4.74 Å². The number of methoxy groups -OCH3 is 1. The lowest BCUT2D eigenvalue weighted by Gasteiger charge is -2.03. The number of hydrogen-bond donors (Lipinski definition) is 0. The average Bonchev–Trinajstić information content (AvgIpc) is 2.16. The molecule has 0 amide bonds. The lowest BCUT2D eigenvalue weighted by atomic mass is 10.2. The molecule has 1 aromatic rings. The van der Waals surface area contributed by atoms with E-state index in [0.717, 1.165) is 0 Å². The first-order valence-corrected chi connectivity index (χ1v) is 3.73. The maximum absolute atomic E-state index is 12.7. The number of halogens is 1. The Kier molecular flexibility index (Phi) is 3.20. The number of benzene rings is 1. The molecular weight excluding hydrogens is 171 g/mol. The van der Waals surface area contributed by atoms with E-state index in [-0.39, 0.29) is 5.82 Å². The van der Waals surface area contributed by atoms with E-state index in [0.29, 0.717) is 17.6 Å². The Morgan fingerprint density at radius 3 is 2.85 bits per heavy atom. The highest BCUT2D eigenvalue weighted by Gasteiger charge is 2.00. The van der Waals surface area contributed by atoms with E-state index in [9.17, 15) is 9.18 Å². The van der Waals surface area contributed by atoms with Crippen LogP contribution in [0.3, 0.4) is 0 Å². The summed E-state index contributed by atoms with van der Waals surface area (Å²) in [5, 5.41) is 0. The van der Waals surface area contributed by atoms with Crippen molar-refractivity contribution in [1.82, 2.24) is 0 Å². The molecule has 0 heterocycles. The molecule has 0 aliphatic carbocycles. The van der Waals surface area contributed by atoms with Crippen LogP contribution in [0.5, 0.6) is 5.75 Å². The molecule has 0 bridgehead atoms. The first-order chi connectivity index (χ1) is 6.27. The Morgan fingerprint density at radius 2 is 2.23 bits per heavy atom. The smallest absolute Gasteiger partial charge is 0.142 e. The van der Waals surface area contributed by atoms with Crippen molar-refractivity contribution in [3.05, 3.63) is 35.7 Å².